The van der Waals surface area contributed by atoms with E-state index in [1.54, 1.807) is 6.20 Å². The molecule has 0 unspecified atom stereocenters. The number of aliphatic imine (C=N–C) groups is 1. The summed E-state index contributed by atoms with van der Waals surface area (Å²) in [7, 11) is 0. The van der Waals surface area contributed by atoms with Crippen LogP contribution < -0.4 is 15.5 Å². The van der Waals surface area contributed by atoms with Crippen molar-refractivity contribution in [1.29, 1.82) is 0 Å². The van der Waals surface area contributed by atoms with Crippen LogP contribution in [0.3, 0.4) is 0 Å². The summed E-state index contributed by atoms with van der Waals surface area (Å²) in [6.07, 6.45) is 19.3. The molecule has 3 N–H and O–H groups in total. The van der Waals surface area contributed by atoms with E-state index in [1.165, 1.54) is 32.1 Å². The second-order valence-electron chi connectivity index (χ2n) is 10.7. The standard InChI is InChI=1S/C27H41BN6O/c1-27(2,35)20-13-15-22(16-14-20)34(19-31-24-12-8-5-9-17-28-24)25-23(29-3)18-30-26(33-25)32-21-10-6-4-7-11-21/h8-9,12,17-18,20-22,31,35H,3-7,10-11,13-16,19H2,1-2H3,(H,30,32,33). The first kappa shape index (κ1) is 25.6. The zero-order valence-corrected chi connectivity index (χ0v) is 21.4. The van der Waals surface area contributed by atoms with Gasteiger partial charge in [0.1, 0.15) is 0 Å². The second-order valence-corrected chi connectivity index (χ2v) is 10.7. The number of aromatic nitrogens is 2. The predicted molar refractivity (Wildman–Crippen MR) is 148 cm³/mol. The van der Waals surface area contributed by atoms with Gasteiger partial charge >= 0.3 is 211 Å². The number of allylic oxidation sites excluding steroid dienone is 2. The average Bonchev–Trinajstić information content (AvgIpc) is 3.14. The third-order valence-electron chi connectivity index (χ3n) is 7.70. The van der Waals surface area contributed by atoms with Crippen LogP contribution in [0.5, 0.6) is 0 Å². The van der Waals surface area contributed by atoms with Crippen molar-refractivity contribution in [2.45, 2.75) is 95.7 Å². The van der Waals surface area contributed by atoms with Crippen LogP contribution in [0.15, 0.2) is 35.4 Å². The van der Waals surface area contributed by atoms with Gasteiger partial charge in [-0.1, -0.05) is 0 Å². The quantitative estimate of drug-likeness (QED) is 0.276. The molecule has 2 saturated carbocycles. The third kappa shape index (κ3) is 7.03. The first-order valence-corrected chi connectivity index (χ1v) is 13.3. The summed E-state index contributed by atoms with van der Waals surface area (Å²) < 4.78 is 0. The molecule has 188 valence electrons. The maximum atomic E-state index is 10.6. The van der Waals surface area contributed by atoms with Gasteiger partial charge in [-0.25, -0.2) is 0 Å². The van der Waals surface area contributed by atoms with Gasteiger partial charge in [0, 0.05) is 0 Å². The Morgan fingerprint density at radius 1 is 1.14 bits per heavy atom. The van der Waals surface area contributed by atoms with Gasteiger partial charge in [-0.05, 0) is 0 Å². The van der Waals surface area contributed by atoms with Gasteiger partial charge in [0.15, 0.2) is 0 Å². The minimum absolute atomic E-state index is 0.296. The van der Waals surface area contributed by atoms with Crippen LogP contribution in [0.4, 0.5) is 17.5 Å². The first-order valence-electron chi connectivity index (χ1n) is 13.3. The van der Waals surface area contributed by atoms with E-state index in [9.17, 15) is 5.11 Å². The van der Waals surface area contributed by atoms with Crippen molar-refractivity contribution >= 4 is 36.7 Å². The Kier molecular flexibility index (Phi) is 8.76. The van der Waals surface area contributed by atoms with E-state index in [-0.39, 0.29) is 0 Å². The fourth-order valence-corrected chi connectivity index (χ4v) is 5.53. The number of nitrogens with zero attached hydrogens (tertiary/aromatic N) is 4. The number of hydrogen-bond acceptors (Lipinski definition) is 7. The molecule has 0 radical (unpaired) electrons. The van der Waals surface area contributed by atoms with Crippen LogP contribution in [-0.4, -0.2) is 58.7 Å². The first-order chi connectivity index (χ1) is 16.9. The average molecular weight is 476 g/mol. The molecular formula is C27H41BN6O. The molecule has 0 aromatic carbocycles. The fraction of sp³-hybridized carbons (Fsp3) is 0.630. The van der Waals surface area contributed by atoms with Crippen LogP contribution in [-0.2, 0) is 0 Å². The molecule has 1 aromatic heterocycles. The number of anilines is 2. The molecule has 3 aliphatic rings. The molecule has 1 aliphatic heterocycles. The van der Waals surface area contributed by atoms with E-state index < -0.39 is 5.60 Å². The summed E-state index contributed by atoms with van der Waals surface area (Å²) in [4.78, 5) is 16.2. The summed E-state index contributed by atoms with van der Waals surface area (Å²) in [5, 5.41) is 17.7. The van der Waals surface area contributed by atoms with E-state index in [0.717, 1.165) is 43.5 Å². The Balaban J connectivity index is 1.57. The van der Waals surface area contributed by atoms with Gasteiger partial charge < -0.3 is 0 Å². The summed E-state index contributed by atoms with van der Waals surface area (Å²) in [5.74, 6) is 3.90. The van der Waals surface area contributed by atoms with Crippen LogP contribution in [0.2, 0.25) is 0 Å². The van der Waals surface area contributed by atoms with Crippen molar-refractivity contribution < 1.29 is 5.11 Å². The molecular weight excluding hydrogens is 435 g/mol. The summed E-state index contributed by atoms with van der Waals surface area (Å²) in [6, 6.07) is 0.728. The topological polar surface area (TPSA) is 85.7 Å². The molecule has 0 atom stereocenters. The number of aliphatic hydroxyl groups is 1. The van der Waals surface area contributed by atoms with Gasteiger partial charge in [-0.3, -0.25) is 0 Å². The molecule has 35 heavy (non-hydrogen) atoms. The van der Waals surface area contributed by atoms with Crippen molar-refractivity contribution in [3.8, 4) is 0 Å². The number of hydrogen-bond donors (Lipinski definition) is 3. The van der Waals surface area contributed by atoms with Crippen molar-refractivity contribution in [3.05, 3.63) is 30.4 Å². The van der Waals surface area contributed by atoms with Gasteiger partial charge in [0.2, 0.25) is 0 Å². The Labute approximate surface area is 211 Å². The van der Waals surface area contributed by atoms with Crippen LogP contribution in [0.25, 0.3) is 0 Å². The maximum absolute atomic E-state index is 10.6. The Morgan fingerprint density at radius 2 is 1.91 bits per heavy atom. The SMILES string of the molecule is C=Nc1cnc(NC2CCCCC2)nc1N(CNC1=BC=CCC=C1)C1CCC(C(C)(C)O)CC1. The number of nitrogens with one attached hydrogen (secondary N) is 2. The van der Waals surface area contributed by atoms with Crippen molar-refractivity contribution in [3.63, 3.8) is 0 Å². The van der Waals surface area contributed by atoms with E-state index >= 15 is 0 Å². The predicted octanol–water partition coefficient (Wildman–Crippen LogP) is 4.54. The molecule has 1 aromatic rings. The second kappa shape index (κ2) is 12.0. The van der Waals surface area contributed by atoms with Crippen LogP contribution in [0.1, 0.15) is 78.1 Å². The normalized spacial score (nSPS) is 23.1. The van der Waals surface area contributed by atoms with E-state index in [0.29, 0.717) is 36.3 Å². The van der Waals surface area contributed by atoms with Gasteiger partial charge in [0.25, 0.3) is 0 Å². The monoisotopic (exact) mass is 476 g/mol. The molecule has 0 amide bonds. The minimum atomic E-state index is -0.643. The van der Waals surface area contributed by atoms with Gasteiger partial charge in [-0.2, -0.15) is 0 Å². The fourth-order valence-electron chi connectivity index (χ4n) is 5.53. The van der Waals surface area contributed by atoms with Crippen molar-refractivity contribution in [2.24, 2.45) is 10.9 Å². The Bertz CT molecular complexity index is 939. The molecule has 4 rings (SSSR count). The van der Waals surface area contributed by atoms with Crippen LogP contribution in [0, 0.1) is 5.92 Å². The zero-order chi connectivity index (χ0) is 24.7. The summed E-state index contributed by atoms with van der Waals surface area (Å²) >= 11 is 0. The molecule has 2 heterocycles. The molecule has 0 bridgehead atoms. The molecule has 2 aliphatic carbocycles. The molecule has 2 fully saturated rings. The zero-order valence-electron chi connectivity index (χ0n) is 21.4. The number of rotatable bonds is 9. The summed E-state index contributed by atoms with van der Waals surface area (Å²) in [6.45, 7) is 10.4. The molecule has 8 heteroatoms. The Hall–Kier alpha value is -2.48. The molecule has 0 spiro atoms. The van der Waals surface area contributed by atoms with E-state index in [4.69, 9.17) is 4.98 Å². The van der Waals surface area contributed by atoms with Crippen molar-refractivity contribution in [1.82, 2.24) is 15.3 Å². The van der Waals surface area contributed by atoms with Crippen molar-refractivity contribution in [2.75, 3.05) is 16.9 Å². The van der Waals surface area contributed by atoms with Crippen LogP contribution >= 0.6 is 0 Å². The molecule has 7 nitrogen and oxygen atoms in total. The Morgan fingerprint density at radius 3 is 2.63 bits per heavy atom. The van der Waals surface area contributed by atoms with Gasteiger partial charge in [0.05, 0.1) is 0 Å². The van der Waals surface area contributed by atoms with E-state index in [2.05, 4.69) is 63.4 Å². The molecule has 0 saturated heterocycles. The van der Waals surface area contributed by atoms with Gasteiger partial charge in [-0.15, -0.1) is 0 Å². The summed E-state index contributed by atoms with van der Waals surface area (Å²) in [5.41, 5.74) is 1.14. The van der Waals surface area contributed by atoms with E-state index in [1.807, 2.05) is 13.8 Å². The third-order valence-corrected chi connectivity index (χ3v) is 7.70.